The van der Waals surface area contributed by atoms with Gasteiger partial charge in [-0.2, -0.15) is 13.2 Å². The zero-order valence-corrected chi connectivity index (χ0v) is 12.6. The van der Waals surface area contributed by atoms with E-state index in [4.69, 9.17) is 11.6 Å². The van der Waals surface area contributed by atoms with Crippen molar-refractivity contribution in [2.24, 2.45) is 10.2 Å². The smallest absolute Gasteiger partial charge is 0.281 e. The number of pyridine rings is 1. The summed E-state index contributed by atoms with van der Waals surface area (Å²) in [6.45, 7) is 1.70. The van der Waals surface area contributed by atoms with Crippen molar-refractivity contribution in [2.45, 2.75) is 13.1 Å². The Hall–Kier alpha value is -2.41. The highest BCUT2D eigenvalue weighted by atomic mass is 35.5. The van der Waals surface area contributed by atoms with Gasteiger partial charge >= 0.3 is 6.18 Å². The third-order valence-corrected chi connectivity index (χ3v) is 3.41. The number of fused-ring (bicyclic) bond motifs is 1. The molecule has 0 saturated heterocycles. The minimum Gasteiger partial charge on any atom is -0.281 e. The average Bonchev–Trinajstić information content (AvgIpc) is 2.79. The molecule has 0 spiro atoms. The number of hydrogen-bond donors (Lipinski definition) is 0. The van der Waals surface area contributed by atoms with E-state index in [0.29, 0.717) is 22.2 Å². The number of alkyl halides is 3. The van der Waals surface area contributed by atoms with Crippen molar-refractivity contribution < 1.29 is 13.2 Å². The van der Waals surface area contributed by atoms with Crippen LogP contribution in [0.3, 0.4) is 0 Å². The van der Waals surface area contributed by atoms with Gasteiger partial charge in [0.25, 0.3) is 0 Å². The lowest BCUT2D eigenvalue weighted by atomic mass is 10.2. The van der Waals surface area contributed by atoms with E-state index in [-0.39, 0.29) is 5.69 Å². The second kappa shape index (κ2) is 5.66. The van der Waals surface area contributed by atoms with E-state index >= 15 is 0 Å². The summed E-state index contributed by atoms with van der Waals surface area (Å²) in [5, 5.41) is 8.16. The Balaban J connectivity index is 2.08. The van der Waals surface area contributed by atoms with E-state index in [2.05, 4.69) is 15.2 Å². The number of azo groups is 1. The fraction of sp³-hybridized carbons (Fsp3) is 0.133. The average molecular weight is 339 g/mol. The van der Waals surface area contributed by atoms with E-state index in [1.807, 2.05) is 0 Å². The highest BCUT2D eigenvalue weighted by Crippen LogP contribution is 2.37. The van der Waals surface area contributed by atoms with Crippen molar-refractivity contribution >= 4 is 28.8 Å². The predicted octanol–water partition coefficient (Wildman–Crippen LogP) is 5.73. The van der Waals surface area contributed by atoms with Crippen LogP contribution in [0, 0.1) is 6.92 Å². The molecule has 8 heteroatoms. The Morgan fingerprint density at radius 3 is 2.57 bits per heavy atom. The molecule has 0 bridgehead atoms. The number of nitrogens with zero attached hydrogens (tertiary/aromatic N) is 4. The van der Waals surface area contributed by atoms with E-state index < -0.39 is 11.7 Å². The van der Waals surface area contributed by atoms with Gasteiger partial charge in [0.2, 0.25) is 0 Å². The molecule has 2 aromatic heterocycles. The minimum absolute atomic E-state index is 0.253. The first-order valence-electron chi connectivity index (χ1n) is 6.58. The quantitative estimate of drug-likeness (QED) is 0.550. The van der Waals surface area contributed by atoms with Gasteiger partial charge < -0.3 is 0 Å². The normalized spacial score (nSPS) is 12.4. The van der Waals surface area contributed by atoms with Gasteiger partial charge in [-0.1, -0.05) is 23.7 Å². The molecule has 0 saturated carbocycles. The van der Waals surface area contributed by atoms with Crippen LogP contribution >= 0.6 is 11.6 Å². The molecule has 0 atom stereocenters. The first-order chi connectivity index (χ1) is 10.9. The van der Waals surface area contributed by atoms with Crippen LogP contribution in [0.5, 0.6) is 0 Å². The number of aryl methyl sites for hydroxylation is 1. The van der Waals surface area contributed by atoms with Crippen LogP contribution in [0.1, 0.15) is 11.3 Å². The summed E-state index contributed by atoms with van der Waals surface area (Å²) in [7, 11) is 0. The van der Waals surface area contributed by atoms with Crippen molar-refractivity contribution in [2.75, 3.05) is 0 Å². The molecule has 0 unspecified atom stereocenters. The molecule has 0 N–H and O–H groups in total. The van der Waals surface area contributed by atoms with Crippen LogP contribution < -0.4 is 0 Å². The Labute approximate surface area is 134 Å². The Bertz CT molecular complexity index is 899. The van der Waals surface area contributed by atoms with Gasteiger partial charge in [-0.3, -0.25) is 4.40 Å². The molecule has 0 aliphatic carbocycles. The number of hydrogen-bond acceptors (Lipinski definition) is 3. The number of rotatable bonds is 2. The minimum atomic E-state index is -4.49. The standard InChI is InChI=1S/C15H10ClF3N4/c1-9-14(23-8-10(16)6-7-13(23)20-9)22-21-12-5-3-2-4-11(12)15(17,18)19/h2-8H,1H3. The Morgan fingerprint density at radius 1 is 1.09 bits per heavy atom. The van der Waals surface area contributed by atoms with Crippen LogP contribution in [-0.2, 0) is 6.18 Å². The van der Waals surface area contributed by atoms with Gasteiger partial charge in [0.1, 0.15) is 5.65 Å². The maximum absolute atomic E-state index is 13.0. The zero-order chi connectivity index (χ0) is 16.6. The third kappa shape index (κ3) is 3.05. The van der Waals surface area contributed by atoms with Gasteiger partial charge in [-0.15, -0.1) is 10.2 Å². The van der Waals surface area contributed by atoms with Gasteiger partial charge in [0.15, 0.2) is 5.82 Å². The third-order valence-electron chi connectivity index (χ3n) is 3.19. The number of benzene rings is 1. The SMILES string of the molecule is Cc1nc2ccc(Cl)cn2c1N=Nc1ccccc1C(F)(F)F. The molecule has 0 aliphatic rings. The van der Waals surface area contributed by atoms with Gasteiger partial charge in [-0.05, 0) is 31.2 Å². The largest absolute Gasteiger partial charge is 0.418 e. The van der Waals surface area contributed by atoms with Gasteiger partial charge in [0, 0.05) is 6.20 Å². The molecule has 0 fully saturated rings. The highest BCUT2D eigenvalue weighted by Gasteiger charge is 2.33. The summed E-state index contributed by atoms with van der Waals surface area (Å²) >= 11 is 5.93. The molecule has 4 nitrogen and oxygen atoms in total. The van der Waals surface area contributed by atoms with Crippen LogP contribution in [-0.4, -0.2) is 9.38 Å². The number of halogens is 4. The molecule has 3 aromatic rings. The molecule has 0 aliphatic heterocycles. The summed E-state index contributed by atoms with van der Waals surface area (Å²) in [6, 6.07) is 8.37. The monoisotopic (exact) mass is 338 g/mol. The van der Waals surface area contributed by atoms with E-state index in [0.717, 1.165) is 6.07 Å². The van der Waals surface area contributed by atoms with E-state index in [1.54, 1.807) is 29.7 Å². The van der Waals surface area contributed by atoms with Crippen molar-refractivity contribution in [1.82, 2.24) is 9.38 Å². The number of aromatic nitrogens is 2. The van der Waals surface area contributed by atoms with Gasteiger partial charge in [0.05, 0.1) is 22.0 Å². The van der Waals surface area contributed by atoms with Crippen LogP contribution in [0.4, 0.5) is 24.7 Å². The predicted molar refractivity (Wildman–Crippen MR) is 80.6 cm³/mol. The van der Waals surface area contributed by atoms with Crippen molar-refractivity contribution in [3.8, 4) is 0 Å². The molecule has 0 radical (unpaired) electrons. The lowest BCUT2D eigenvalue weighted by Crippen LogP contribution is -2.04. The summed E-state index contributed by atoms with van der Waals surface area (Å²) in [6.07, 6.45) is -2.91. The topological polar surface area (TPSA) is 42.0 Å². The molecule has 0 amide bonds. The van der Waals surface area contributed by atoms with Crippen molar-refractivity contribution in [3.63, 3.8) is 0 Å². The Morgan fingerprint density at radius 2 is 1.83 bits per heavy atom. The maximum Gasteiger partial charge on any atom is 0.418 e. The summed E-state index contributed by atoms with van der Waals surface area (Å²) in [5.74, 6) is 0.333. The molecular formula is C15H10ClF3N4. The molecule has 2 heterocycles. The fourth-order valence-electron chi connectivity index (χ4n) is 2.15. The van der Waals surface area contributed by atoms with Gasteiger partial charge in [-0.25, -0.2) is 4.98 Å². The molecular weight excluding hydrogens is 329 g/mol. The number of imidazole rings is 1. The first kappa shape index (κ1) is 15.5. The van der Waals surface area contributed by atoms with Crippen molar-refractivity contribution in [3.05, 3.63) is 58.9 Å². The summed E-state index contributed by atoms with van der Waals surface area (Å²) in [5.41, 5.74) is 0.0371. The molecule has 1 aromatic carbocycles. The summed E-state index contributed by atoms with van der Waals surface area (Å²) in [4.78, 5) is 4.27. The fourth-order valence-corrected chi connectivity index (χ4v) is 2.31. The molecule has 118 valence electrons. The lowest BCUT2D eigenvalue weighted by molar-refractivity contribution is -0.137. The first-order valence-corrected chi connectivity index (χ1v) is 6.96. The van der Waals surface area contributed by atoms with Crippen LogP contribution in [0.2, 0.25) is 5.02 Å². The zero-order valence-electron chi connectivity index (χ0n) is 11.8. The lowest BCUT2D eigenvalue weighted by Gasteiger charge is -2.08. The van der Waals surface area contributed by atoms with Crippen molar-refractivity contribution in [1.29, 1.82) is 0 Å². The molecule has 23 heavy (non-hydrogen) atoms. The molecule has 3 rings (SSSR count). The second-order valence-corrected chi connectivity index (χ2v) is 5.25. The van der Waals surface area contributed by atoms with Crippen LogP contribution in [0.15, 0.2) is 52.8 Å². The highest BCUT2D eigenvalue weighted by molar-refractivity contribution is 6.30. The van der Waals surface area contributed by atoms with Crippen LogP contribution in [0.25, 0.3) is 5.65 Å². The summed E-state index contributed by atoms with van der Waals surface area (Å²) < 4.78 is 40.5. The Kier molecular flexibility index (Phi) is 3.81. The van der Waals surface area contributed by atoms with E-state index in [1.165, 1.54) is 18.2 Å². The maximum atomic E-state index is 13.0. The van der Waals surface area contributed by atoms with E-state index in [9.17, 15) is 13.2 Å². The second-order valence-electron chi connectivity index (χ2n) is 4.81.